The molecule has 0 unspecified atom stereocenters. The molecule has 1 amide bonds. The molecule has 4 rings (SSSR count). The summed E-state index contributed by atoms with van der Waals surface area (Å²) in [7, 11) is 1.73. The Morgan fingerprint density at radius 3 is 2.74 bits per heavy atom. The van der Waals surface area contributed by atoms with Crippen LogP contribution < -0.4 is 4.74 Å². The molecule has 0 atom stereocenters. The van der Waals surface area contributed by atoms with Crippen molar-refractivity contribution in [1.82, 2.24) is 24.5 Å². The third kappa shape index (κ3) is 3.48. The Morgan fingerprint density at radius 2 is 1.89 bits per heavy atom. The molecule has 0 aliphatic carbocycles. The Labute approximate surface area is 155 Å². The van der Waals surface area contributed by atoms with E-state index < -0.39 is 0 Å². The zero-order valence-electron chi connectivity index (χ0n) is 14.7. The molecule has 0 bridgehead atoms. The molecule has 3 aromatic heterocycles. The molecule has 0 saturated heterocycles. The van der Waals surface area contributed by atoms with Crippen LogP contribution >= 0.6 is 0 Å². The van der Waals surface area contributed by atoms with Gasteiger partial charge in [-0.3, -0.25) is 4.79 Å². The van der Waals surface area contributed by atoms with E-state index in [9.17, 15) is 4.79 Å². The van der Waals surface area contributed by atoms with Crippen molar-refractivity contribution in [3.8, 4) is 11.6 Å². The summed E-state index contributed by atoms with van der Waals surface area (Å²) in [5.74, 6) is 0.998. The van der Waals surface area contributed by atoms with E-state index in [1.807, 2.05) is 42.5 Å². The predicted octanol–water partition coefficient (Wildman–Crippen LogP) is 3.19. The summed E-state index contributed by atoms with van der Waals surface area (Å²) in [5, 5.41) is 4.17. The lowest BCUT2D eigenvalue weighted by molar-refractivity contribution is 0.0786. The number of hydrogen-bond donors (Lipinski definition) is 0. The molecule has 1 aromatic carbocycles. The zero-order chi connectivity index (χ0) is 18.6. The second kappa shape index (κ2) is 7.25. The number of rotatable bonds is 5. The molecule has 0 radical (unpaired) electrons. The molecule has 134 valence electrons. The van der Waals surface area contributed by atoms with Crippen molar-refractivity contribution in [2.24, 2.45) is 0 Å². The van der Waals surface area contributed by atoms with Crippen molar-refractivity contribution < 1.29 is 9.53 Å². The second-order valence-electron chi connectivity index (χ2n) is 5.99. The summed E-state index contributed by atoms with van der Waals surface area (Å²) >= 11 is 0. The van der Waals surface area contributed by atoms with E-state index in [2.05, 4.69) is 15.1 Å². The third-order valence-corrected chi connectivity index (χ3v) is 4.07. The maximum atomic E-state index is 12.9. The van der Waals surface area contributed by atoms with Crippen LogP contribution in [0.15, 0.2) is 73.3 Å². The number of fused-ring (bicyclic) bond motifs is 1. The van der Waals surface area contributed by atoms with Gasteiger partial charge in [0, 0.05) is 31.2 Å². The van der Waals surface area contributed by atoms with Gasteiger partial charge in [-0.15, -0.1) is 0 Å². The largest absolute Gasteiger partial charge is 0.439 e. The lowest BCUT2D eigenvalue weighted by atomic mass is 10.2. The van der Waals surface area contributed by atoms with E-state index >= 15 is 0 Å². The van der Waals surface area contributed by atoms with Crippen LogP contribution in [0.2, 0.25) is 0 Å². The molecule has 7 nitrogen and oxygen atoms in total. The van der Waals surface area contributed by atoms with Gasteiger partial charge in [0.25, 0.3) is 5.91 Å². The number of hydrogen-bond acceptors (Lipinski definition) is 5. The number of amides is 1. The molecule has 3 heterocycles. The highest BCUT2D eigenvalue weighted by atomic mass is 16.5. The maximum Gasteiger partial charge on any atom is 0.259 e. The Morgan fingerprint density at radius 1 is 1.07 bits per heavy atom. The van der Waals surface area contributed by atoms with Crippen LogP contribution in [-0.2, 0) is 6.54 Å². The molecule has 27 heavy (non-hydrogen) atoms. The minimum Gasteiger partial charge on any atom is -0.439 e. The summed E-state index contributed by atoms with van der Waals surface area (Å²) in [6.45, 7) is 0.346. The van der Waals surface area contributed by atoms with Crippen molar-refractivity contribution >= 4 is 11.6 Å². The lowest BCUT2D eigenvalue weighted by Gasteiger charge is -2.18. The van der Waals surface area contributed by atoms with E-state index in [0.717, 1.165) is 5.56 Å². The highest BCUT2D eigenvalue weighted by molar-refractivity contribution is 5.99. The topological polar surface area (TPSA) is 72.6 Å². The van der Waals surface area contributed by atoms with Gasteiger partial charge in [0.2, 0.25) is 5.88 Å². The molecule has 0 spiro atoms. The standard InChI is InChI=1S/C20H17N5O2/c1-24(20(26)17-13-23-25-12-6-11-21-18(17)25)14-15-7-5-10-22-19(15)27-16-8-3-2-4-9-16/h2-13H,14H2,1H3. The Bertz CT molecular complexity index is 1080. The van der Waals surface area contributed by atoms with Gasteiger partial charge in [-0.1, -0.05) is 24.3 Å². The SMILES string of the molecule is CN(Cc1cccnc1Oc1ccccc1)C(=O)c1cnn2cccnc12. The van der Waals surface area contributed by atoms with Crippen LogP contribution in [0.5, 0.6) is 11.6 Å². The number of para-hydroxylation sites is 1. The van der Waals surface area contributed by atoms with Gasteiger partial charge in [0.1, 0.15) is 11.3 Å². The molecule has 0 saturated carbocycles. The molecule has 0 aliphatic rings. The van der Waals surface area contributed by atoms with E-state index in [1.165, 1.54) is 6.20 Å². The number of carbonyl (C=O) groups is 1. The van der Waals surface area contributed by atoms with Crippen molar-refractivity contribution in [3.63, 3.8) is 0 Å². The van der Waals surface area contributed by atoms with E-state index in [-0.39, 0.29) is 5.91 Å². The maximum absolute atomic E-state index is 12.9. The Kier molecular flexibility index (Phi) is 4.49. The van der Waals surface area contributed by atoms with Crippen molar-refractivity contribution in [1.29, 1.82) is 0 Å². The lowest BCUT2D eigenvalue weighted by Crippen LogP contribution is -2.26. The summed E-state index contributed by atoms with van der Waals surface area (Å²) < 4.78 is 7.45. The second-order valence-corrected chi connectivity index (χ2v) is 5.99. The van der Waals surface area contributed by atoms with Crippen LogP contribution in [0.25, 0.3) is 5.65 Å². The molecular weight excluding hydrogens is 342 g/mol. The van der Waals surface area contributed by atoms with Crippen LogP contribution in [0.4, 0.5) is 0 Å². The smallest absolute Gasteiger partial charge is 0.259 e. The van der Waals surface area contributed by atoms with E-state index in [1.54, 1.807) is 41.1 Å². The normalized spacial score (nSPS) is 10.7. The van der Waals surface area contributed by atoms with Gasteiger partial charge in [-0.05, 0) is 24.3 Å². The summed E-state index contributed by atoms with van der Waals surface area (Å²) in [6.07, 6.45) is 6.59. The Hall–Kier alpha value is -3.74. The van der Waals surface area contributed by atoms with Gasteiger partial charge in [-0.25, -0.2) is 14.5 Å². The van der Waals surface area contributed by atoms with Crippen LogP contribution in [0.1, 0.15) is 15.9 Å². The highest BCUT2D eigenvalue weighted by Gasteiger charge is 2.19. The predicted molar refractivity (Wildman–Crippen MR) is 99.5 cm³/mol. The van der Waals surface area contributed by atoms with Crippen molar-refractivity contribution in [2.75, 3.05) is 7.05 Å². The third-order valence-electron chi connectivity index (χ3n) is 4.07. The van der Waals surface area contributed by atoms with Crippen LogP contribution in [-0.4, -0.2) is 37.4 Å². The zero-order valence-corrected chi connectivity index (χ0v) is 14.7. The molecule has 7 heteroatoms. The van der Waals surface area contributed by atoms with Gasteiger partial charge in [-0.2, -0.15) is 5.10 Å². The molecular formula is C20H17N5O2. The first kappa shape index (κ1) is 16.7. The summed E-state index contributed by atoms with van der Waals surface area (Å²) in [5.41, 5.74) is 1.79. The first-order valence-corrected chi connectivity index (χ1v) is 8.43. The minimum absolute atomic E-state index is 0.168. The number of carbonyl (C=O) groups excluding carboxylic acids is 1. The number of nitrogens with zero attached hydrogens (tertiary/aromatic N) is 5. The van der Waals surface area contributed by atoms with E-state index in [0.29, 0.717) is 29.4 Å². The average Bonchev–Trinajstić information content (AvgIpc) is 3.14. The van der Waals surface area contributed by atoms with Gasteiger partial charge < -0.3 is 9.64 Å². The minimum atomic E-state index is -0.168. The molecule has 0 fully saturated rings. The van der Waals surface area contributed by atoms with Crippen molar-refractivity contribution in [2.45, 2.75) is 6.54 Å². The van der Waals surface area contributed by atoms with E-state index in [4.69, 9.17) is 4.74 Å². The monoisotopic (exact) mass is 359 g/mol. The summed E-state index contributed by atoms with van der Waals surface area (Å²) in [6, 6.07) is 14.9. The van der Waals surface area contributed by atoms with Gasteiger partial charge in [0.15, 0.2) is 5.65 Å². The highest BCUT2D eigenvalue weighted by Crippen LogP contribution is 2.24. The van der Waals surface area contributed by atoms with Crippen molar-refractivity contribution in [3.05, 3.63) is 84.4 Å². The average molecular weight is 359 g/mol. The number of aromatic nitrogens is 4. The van der Waals surface area contributed by atoms with Crippen LogP contribution in [0, 0.1) is 0 Å². The van der Waals surface area contributed by atoms with Gasteiger partial charge in [0.05, 0.1) is 12.7 Å². The Balaban J connectivity index is 1.56. The van der Waals surface area contributed by atoms with Crippen LogP contribution in [0.3, 0.4) is 0 Å². The number of pyridine rings is 1. The first-order chi connectivity index (χ1) is 13.2. The molecule has 0 aliphatic heterocycles. The quantitative estimate of drug-likeness (QED) is 0.547. The fourth-order valence-corrected chi connectivity index (χ4v) is 2.75. The molecule has 0 N–H and O–H groups in total. The fourth-order valence-electron chi connectivity index (χ4n) is 2.75. The fraction of sp³-hybridized carbons (Fsp3) is 0.100. The molecule has 4 aromatic rings. The number of benzene rings is 1. The summed E-state index contributed by atoms with van der Waals surface area (Å²) in [4.78, 5) is 23.0. The van der Waals surface area contributed by atoms with Gasteiger partial charge >= 0.3 is 0 Å². The first-order valence-electron chi connectivity index (χ1n) is 8.43. The number of ether oxygens (including phenoxy) is 1.